The monoisotopic (exact) mass is 243 g/mol. The van der Waals surface area contributed by atoms with Crippen molar-refractivity contribution in [2.24, 2.45) is 0 Å². The van der Waals surface area contributed by atoms with E-state index >= 15 is 0 Å². The first-order valence-corrected chi connectivity index (χ1v) is 6.26. The van der Waals surface area contributed by atoms with E-state index in [1.807, 2.05) is 12.1 Å². The summed E-state index contributed by atoms with van der Waals surface area (Å²) in [7, 11) is 0. The lowest BCUT2D eigenvalue weighted by molar-refractivity contribution is 0.270. The highest BCUT2D eigenvalue weighted by molar-refractivity contribution is 5.45. The molecule has 1 aliphatic rings. The Kier molecular flexibility index (Phi) is 2.59. The molecule has 4 heteroatoms. The average molecular weight is 243 g/mol. The van der Waals surface area contributed by atoms with E-state index in [9.17, 15) is 0 Å². The second-order valence-corrected chi connectivity index (χ2v) is 4.85. The zero-order valence-electron chi connectivity index (χ0n) is 10.2. The van der Waals surface area contributed by atoms with Crippen molar-refractivity contribution in [1.29, 1.82) is 0 Å². The minimum atomic E-state index is 0.0517. The van der Waals surface area contributed by atoms with Crippen molar-refractivity contribution in [3.05, 3.63) is 47.7 Å². The SMILES string of the molecule is Nc1cc(C2(c3ccccc3)CC2)nn1CCO. The Bertz CT molecular complexity index is 543. The van der Waals surface area contributed by atoms with E-state index in [0.29, 0.717) is 12.4 Å². The molecule has 0 bridgehead atoms. The van der Waals surface area contributed by atoms with Crippen molar-refractivity contribution in [3.8, 4) is 0 Å². The molecule has 1 aliphatic carbocycles. The second-order valence-electron chi connectivity index (χ2n) is 4.85. The molecule has 0 saturated heterocycles. The number of aliphatic hydroxyl groups excluding tert-OH is 1. The van der Waals surface area contributed by atoms with Crippen LogP contribution in [-0.4, -0.2) is 21.5 Å². The fraction of sp³-hybridized carbons (Fsp3) is 0.357. The average Bonchev–Trinajstić information content (AvgIpc) is 3.13. The van der Waals surface area contributed by atoms with Crippen LogP contribution in [-0.2, 0) is 12.0 Å². The predicted octanol–water partition coefficient (Wildman–Crippen LogP) is 1.54. The van der Waals surface area contributed by atoms with Gasteiger partial charge in [-0.15, -0.1) is 0 Å². The van der Waals surface area contributed by atoms with Gasteiger partial charge in [0.2, 0.25) is 0 Å². The van der Waals surface area contributed by atoms with Gasteiger partial charge in [-0.3, -0.25) is 0 Å². The molecule has 94 valence electrons. The van der Waals surface area contributed by atoms with Gasteiger partial charge < -0.3 is 10.8 Å². The van der Waals surface area contributed by atoms with Gasteiger partial charge in [-0.25, -0.2) is 4.68 Å². The Morgan fingerprint density at radius 2 is 2.00 bits per heavy atom. The summed E-state index contributed by atoms with van der Waals surface area (Å²) in [5.41, 5.74) is 8.30. The molecular weight excluding hydrogens is 226 g/mol. The number of hydrogen-bond donors (Lipinski definition) is 2. The van der Waals surface area contributed by atoms with Crippen LogP contribution in [0.5, 0.6) is 0 Å². The van der Waals surface area contributed by atoms with Gasteiger partial charge >= 0.3 is 0 Å². The molecule has 0 unspecified atom stereocenters. The van der Waals surface area contributed by atoms with E-state index in [1.165, 1.54) is 5.56 Å². The smallest absolute Gasteiger partial charge is 0.122 e. The summed E-state index contributed by atoms with van der Waals surface area (Å²) in [6.07, 6.45) is 2.24. The van der Waals surface area contributed by atoms with Crippen LogP contribution in [0.3, 0.4) is 0 Å². The molecule has 0 atom stereocenters. The standard InChI is InChI=1S/C14H17N3O/c15-13-10-12(16-17(13)8-9-18)14(6-7-14)11-4-2-1-3-5-11/h1-5,10,18H,6-9,15H2. The normalized spacial score (nSPS) is 16.7. The summed E-state index contributed by atoms with van der Waals surface area (Å²) in [5.74, 6) is 0.626. The third kappa shape index (κ3) is 1.69. The van der Waals surface area contributed by atoms with Crippen molar-refractivity contribution >= 4 is 5.82 Å². The van der Waals surface area contributed by atoms with Gasteiger partial charge in [0.1, 0.15) is 5.82 Å². The van der Waals surface area contributed by atoms with E-state index in [2.05, 4.69) is 29.4 Å². The fourth-order valence-corrected chi connectivity index (χ4v) is 2.51. The summed E-state index contributed by atoms with van der Waals surface area (Å²) in [4.78, 5) is 0. The van der Waals surface area contributed by atoms with Crippen molar-refractivity contribution < 1.29 is 5.11 Å². The van der Waals surface area contributed by atoms with Crippen molar-refractivity contribution in [2.75, 3.05) is 12.3 Å². The first kappa shape index (κ1) is 11.3. The molecule has 1 heterocycles. The molecule has 2 aromatic rings. The van der Waals surface area contributed by atoms with Gasteiger partial charge in [-0.05, 0) is 18.4 Å². The number of anilines is 1. The summed E-state index contributed by atoms with van der Waals surface area (Å²) < 4.78 is 1.68. The van der Waals surface area contributed by atoms with Gasteiger partial charge in [-0.1, -0.05) is 30.3 Å². The maximum atomic E-state index is 8.97. The molecule has 0 radical (unpaired) electrons. The zero-order chi connectivity index (χ0) is 12.6. The van der Waals surface area contributed by atoms with Crippen LogP contribution in [0.1, 0.15) is 24.1 Å². The number of nitrogens with two attached hydrogens (primary N) is 1. The highest BCUT2D eigenvalue weighted by Crippen LogP contribution is 2.53. The summed E-state index contributed by atoms with van der Waals surface area (Å²) in [6.45, 7) is 0.514. The van der Waals surface area contributed by atoms with Gasteiger partial charge in [0, 0.05) is 11.5 Å². The number of nitrogens with zero attached hydrogens (tertiary/aromatic N) is 2. The van der Waals surface area contributed by atoms with Crippen LogP contribution in [0.25, 0.3) is 0 Å². The topological polar surface area (TPSA) is 64.1 Å². The molecule has 18 heavy (non-hydrogen) atoms. The zero-order valence-corrected chi connectivity index (χ0v) is 10.2. The number of nitrogen functional groups attached to an aromatic ring is 1. The molecule has 1 fully saturated rings. The molecule has 0 spiro atoms. The Labute approximate surface area is 106 Å². The number of rotatable bonds is 4. The summed E-state index contributed by atoms with van der Waals surface area (Å²) in [5, 5.41) is 13.5. The number of aromatic nitrogens is 2. The van der Waals surface area contributed by atoms with E-state index in [-0.39, 0.29) is 12.0 Å². The number of aliphatic hydroxyl groups is 1. The third-order valence-corrected chi connectivity index (χ3v) is 3.69. The lowest BCUT2D eigenvalue weighted by Gasteiger charge is -2.12. The van der Waals surface area contributed by atoms with Crippen LogP contribution in [0.15, 0.2) is 36.4 Å². The summed E-state index contributed by atoms with van der Waals surface area (Å²) >= 11 is 0. The number of benzene rings is 1. The minimum absolute atomic E-state index is 0.0517. The Morgan fingerprint density at radius 1 is 1.28 bits per heavy atom. The quantitative estimate of drug-likeness (QED) is 0.856. The molecule has 1 aromatic carbocycles. The fourth-order valence-electron chi connectivity index (χ4n) is 2.51. The lowest BCUT2D eigenvalue weighted by atomic mass is 9.93. The highest BCUT2D eigenvalue weighted by atomic mass is 16.3. The highest BCUT2D eigenvalue weighted by Gasteiger charge is 2.48. The van der Waals surface area contributed by atoms with Crippen LogP contribution in [0.4, 0.5) is 5.82 Å². The van der Waals surface area contributed by atoms with Crippen LogP contribution < -0.4 is 5.73 Å². The molecule has 1 saturated carbocycles. The summed E-state index contributed by atoms with van der Waals surface area (Å²) in [6, 6.07) is 12.4. The van der Waals surface area contributed by atoms with Crippen molar-refractivity contribution in [1.82, 2.24) is 9.78 Å². The maximum Gasteiger partial charge on any atom is 0.122 e. The Hall–Kier alpha value is -1.81. The minimum Gasteiger partial charge on any atom is -0.394 e. The Morgan fingerprint density at radius 3 is 2.61 bits per heavy atom. The van der Waals surface area contributed by atoms with Crippen LogP contribution in [0, 0.1) is 0 Å². The van der Waals surface area contributed by atoms with Crippen molar-refractivity contribution in [3.63, 3.8) is 0 Å². The third-order valence-electron chi connectivity index (χ3n) is 3.69. The van der Waals surface area contributed by atoms with Crippen molar-refractivity contribution in [2.45, 2.75) is 24.8 Å². The van der Waals surface area contributed by atoms with Gasteiger partial charge in [0.25, 0.3) is 0 Å². The first-order chi connectivity index (χ1) is 8.76. The molecule has 1 aromatic heterocycles. The molecule has 3 N–H and O–H groups in total. The van der Waals surface area contributed by atoms with Crippen LogP contribution >= 0.6 is 0 Å². The second kappa shape index (κ2) is 4.14. The van der Waals surface area contributed by atoms with Gasteiger partial charge in [-0.2, -0.15) is 5.10 Å². The Balaban J connectivity index is 1.98. The lowest BCUT2D eigenvalue weighted by Crippen LogP contribution is -2.12. The molecule has 3 rings (SSSR count). The van der Waals surface area contributed by atoms with Gasteiger partial charge in [0.15, 0.2) is 0 Å². The van der Waals surface area contributed by atoms with E-state index in [1.54, 1.807) is 4.68 Å². The van der Waals surface area contributed by atoms with Gasteiger partial charge in [0.05, 0.1) is 18.8 Å². The molecule has 0 amide bonds. The maximum absolute atomic E-state index is 8.97. The largest absolute Gasteiger partial charge is 0.394 e. The first-order valence-electron chi connectivity index (χ1n) is 6.26. The molecule has 4 nitrogen and oxygen atoms in total. The van der Waals surface area contributed by atoms with E-state index in [4.69, 9.17) is 10.8 Å². The predicted molar refractivity (Wildman–Crippen MR) is 70.2 cm³/mol. The number of hydrogen-bond acceptors (Lipinski definition) is 3. The van der Waals surface area contributed by atoms with Crippen LogP contribution in [0.2, 0.25) is 0 Å². The molecule has 0 aliphatic heterocycles. The van der Waals surface area contributed by atoms with E-state index in [0.717, 1.165) is 18.5 Å². The van der Waals surface area contributed by atoms with E-state index < -0.39 is 0 Å². The molecular formula is C14H17N3O.